The van der Waals surface area contributed by atoms with E-state index >= 15 is 0 Å². The summed E-state index contributed by atoms with van der Waals surface area (Å²) >= 11 is 2.95. The van der Waals surface area contributed by atoms with E-state index in [0.717, 1.165) is 6.07 Å². The second kappa shape index (κ2) is 4.69. The molecule has 0 bridgehead atoms. The maximum absolute atomic E-state index is 13.5. The fraction of sp³-hybridized carbons (Fsp3) is 0.182. The first-order valence-corrected chi connectivity index (χ1v) is 5.90. The summed E-state index contributed by atoms with van der Waals surface area (Å²) in [6.45, 7) is 1.52. The van der Waals surface area contributed by atoms with Gasteiger partial charge in [-0.1, -0.05) is 0 Å². The van der Waals surface area contributed by atoms with Crippen molar-refractivity contribution in [2.75, 3.05) is 4.90 Å². The van der Waals surface area contributed by atoms with Crippen molar-refractivity contribution in [3.05, 3.63) is 28.0 Å². The molecule has 1 unspecified atom stereocenters. The Balaban J connectivity index is 2.52. The lowest BCUT2D eigenvalue weighted by Crippen LogP contribution is -2.59. The average molecular weight is 333 g/mol. The van der Waals surface area contributed by atoms with Gasteiger partial charge in [0.05, 0.1) is 10.2 Å². The third kappa shape index (κ3) is 2.23. The van der Waals surface area contributed by atoms with E-state index in [2.05, 4.69) is 15.9 Å². The highest BCUT2D eigenvalue weighted by Gasteiger charge is 2.42. The SMILES string of the molecule is Cc1cc(Br)c(F)cc1N1C(=O)NC(=O)C(F)C1=O. The van der Waals surface area contributed by atoms with Gasteiger partial charge < -0.3 is 0 Å². The molecule has 1 saturated heterocycles. The van der Waals surface area contributed by atoms with Crippen LogP contribution in [0.25, 0.3) is 0 Å². The van der Waals surface area contributed by atoms with E-state index in [-0.39, 0.29) is 10.2 Å². The zero-order chi connectivity index (χ0) is 14.3. The maximum Gasteiger partial charge on any atom is 0.335 e. The number of carbonyl (C=O) groups excluding carboxylic acids is 3. The molecule has 2 rings (SSSR count). The number of imide groups is 2. The number of nitrogens with one attached hydrogen (secondary N) is 1. The van der Waals surface area contributed by atoms with Crippen molar-refractivity contribution >= 4 is 39.5 Å². The van der Waals surface area contributed by atoms with Crippen LogP contribution in [0.15, 0.2) is 16.6 Å². The van der Waals surface area contributed by atoms with Crippen molar-refractivity contribution < 1.29 is 23.2 Å². The van der Waals surface area contributed by atoms with Gasteiger partial charge in [0.2, 0.25) is 0 Å². The van der Waals surface area contributed by atoms with Crippen LogP contribution in [0.2, 0.25) is 0 Å². The Morgan fingerprint density at radius 2 is 1.95 bits per heavy atom. The summed E-state index contributed by atoms with van der Waals surface area (Å²) in [5, 5.41) is 1.69. The standard InChI is InChI=1S/C11H7BrF2N2O3/c1-4-2-5(12)6(13)3-7(4)16-10(18)8(14)9(17)15-11(16)19/h2-3,8H,1H3,(H,15,17,19). The molecule has 100 valence electrons. The second-order valence-corrected chi connectivity index (χ2v) is 4.74. The van der Waals surface area contributed by atoms with E-state index in [9.17, 15) is 23.2 Å². The molecule has 0 spiro atoms. The maximum atomic E-state index is 13.5. The zero-order valence-corrected chi connectivity index (χ0v) is 11.1. The zero-order valence-electron chi connectivity index (χ0n) is 9.54. The van der Waals surface area contributed by atoms with E-state index in [1.165, 1.54) is 13.0 Å². The molecule has 1 fully saturated rings. The molecule has 4 amide bonds. The van der Waals surface area contributed by atoms with Gasteiger partial charge in [0.15, 0.2) is 0 Å². The lowest BCUT2D eigenvalue weighted by atomic mass is 10.1. The number of urea groups is 1. The van der Waals surface area contributed by atoms with Gasteiger partial charge >= 0.3 is 6.03 Å². The molecular formula is C11H7BrF2N2O3. The molecule has 0 saturated carbocycles. The highest BCUT2D eigenvalue weighted by molar-refractivity contribution is 9.10. The van der Waals surface area contributed by atoms with Gasteiger partial charge in [-0.2, -0.15) is 0 Å². The van der Waals surface area contributed by atoms with E-state index in [4.69, 9.17) is 0 Å². The number of anilines is 1. The minimum atomic E-state index is -2.48. The van der Waals surface area contributed by atoms with E-state index < -0.39 is 29.8 Å². The van der Waals surface area contributed by atoms with Crippen LogP contribution in [-0.2, 0) is 9.59 Å². The first-order chi connectivity index (χ1) is 8.82. The van der Waals surface area contributed by atoms with Crippen molar-refractivity contribution in [1.82, 2.24) is 5.32 Å². The van der Waals surface area contributed by atoms with Gasteiger partial charge in [-0.05, 0) is 40.5 Å². The van der Waals surface area contributed by atoms with Crippen LogP contribution in [0, 0.1) is 12.7 Å². The van der Waals surface area contributed by atoms with Crippen molar-refractivity contribution in [3.8, 4) is 0 Å². The number of alkyl halides is 1. The number of barbiturate groups is 1. The summed E-state index contributed by atoms with van der Waals surface area (Å²) in [6, 6.07) is 1.16. The highest BCUT2D eigenvalue weighted by atomic mass is 79.9. The topological polar surface area (TPSA) is 66.5 Å². The van der Waals surface area contributed by atoms with Crippen LogP contribution >= 0.6 is 15.9 Å². The molecule has 0 aliphatic carbocycles. The molecule has 0 aromatic heterocycles. The molecule has 1 aromatic rings. The average Bonchev–Trinajstić information content (AvgIpc) is 2.33. The molecule has 1 aromatic carbocycles. The predicted molar refractivity (Wildman–Crippen MR) is 64.8 cm³/mol. The molecule has 1 atom stereocenters. The van der Waals surface area contributed by atoms with Crippen LogP contribution < -0.4 is 10.2 Å². The predicted octanol–water partition coefficient (Wildman–Crippen LogP) is 1.82. The highest BCUT2D eigenvalue weighted by Crippen LogP contribution is 2.28. The number of halogens is 3. The van der Waals surface area contributed by atoms with Gasteiger partial charge in [-0.15, -0.1) is 0 Å². The molecular weight excluding hydrogens is 326 g/mol. The number of nitrogens with zero attached hydrogens (tertiary/aromatic N) is 1. The Labute approximate surface area is 114 Å². The fourth-order valence-electron chi connectivity index (χ4n) is 1.66. The molecule has 1 heterocycles. The minimum Gasteiger partial charge on any atom is -0.274 e. The number of rotatable bonds is 1. The third-order valence-electron chi connectivity index (χ3n) is 2.58. The smallest absolute Gasteiger partial charge is 0.274 e. The molecule has 19 heavy (non-hydrogen) atoms. The van der Waals surface area contributed by atoms with Crippen molar-refractivity contribution in [1.29, 1.82) is 0 Å². The first-order valence-electron chi connectivity index (χ1n) is 5.11. The van der Waals surface area contributed by atoms with Crippen molar-refractivity contribution in [2.24, 2.45) is 0 Å². The Bertz CT molecular complexity index is 606. The molecule has 1 N–H and O–H groups in total. The van der Waals surface area contributed by atoms with Crippen molar-refractivity contribution in [2.45, 2.75) is 13.1 Å². The lowest BCUT2D eigenvalue weighted by molar-refractivity contribution is -0.135. The number of amides is 4. The van der Waals surface area contributed by atoms with Crippen LogP contribution in [0.3, 0.4) is 0 Å². The Hall–Kier alpha value is -1.83. The lowest BCUT2D eigenvalue weighted by Gasteiger charge is -2.27. The number of aryl methyl sites for hydroxylation is 1. The largest absolute Gasteiger partial charge is 0.335 e. The second-order valence-electron chi connectivity index (χ2n) is 3.88. The first kappa shape index (κ1) is 13.6. The number of benzene rings is 1. The third-order valence-corrected chi connectivity index (χ3v) is 3.19. The van der Waals surface area contributed by atoms with Crippen LogP contribution in [0.1, 0.15) is 5.56 Å². The Morgan fingerprint density at radius 1 is 1.32 bits per heavy atom. The molecule has 0 radical (unpaired) electrons. The molecule has 1 aliphatic rings. The minimum absolute atomic E-state index is 0.113. The quantitative estimate of drug-likeness (QED) is 0.798. The summed E-state index contributed by atoms with van der Waals surface area (Å²) in [6.07, 6.45) is -2.48. The van der Waals surface area contributed by atoms with Gasteiger partial charge in [0.1, 0.15) is 5.82 Å². The normalized spacial score (nSPS) is 19.7. The van der Waals surface area contributed by atoms with Gasteiger partial charge in [0.25, 0.3) is 18.0 Å². The fourth-order valence-corrected chi connectivity index (χ4v) is 2.11. The van der Waals surface area contributed by atoms with E-state index in [1.807, 2.05) is 0 Å². The van der Waals surface area contributed by atoms with Gasteiger partial charge in [-0.25, -0.2) is 18.5 Å². The van der Waals surface area contributed by atoms with E-state index in [0.29, 0.717) is 10.5 Å². The van der Waals surface area contributed by atoms with E-state index in [1.54, 1.807) is 5.32 Å². The summed E-state index contributed by atoms with van der Waals surface area (Å²) < 4.78 is 26.9. The van der Waals surface area contributed by atoms with Gasteiger partial charge in [-0.3, -0.25) is 14.9 Å². The monoisotopic (exact) mass is 332 g/mol. The van der Waals surface area contributed by atoms with Crippen LogP contribution in [0.4, 0.5) is 19.3 Å². The summed E-state index contributed by atoms with van der Waals surface area (Å²) in [7, 11) is 0. The summed E-state index contributed by atoms with van der Waals surface area (Å²) in [5.41, 5.74) is 0.261. The van der Waals surface area contributed by atoms with Gasteiger partial charge in [0, 0.05) is 0 Å². The number of carbonyl (C=O) groups is 3. The molecule has 8 heteroatoms. The molecule has 5 nitrogen and oxygen atoms in total. The van der Waals surface area contributed by atoms with Crippen LogP contribution in [0.5, 0.6) is 0 Å². The summed E-state index contributed by atoms with van der Waals surface area (Å²) in [5.74, 6) is -3.37. The van der Waals surface area contributed by atoms with Crippen LogP contribution in [-0.4, -0.2) is 24.0 Å². The van der Waals surface area contributed by atoms with Crippen molar-refractivity contribution in [3.63, 3.8) is 0 Å². The Morgan fingerprint density at radius 3 is 2.58 bits per heavy atom. The number of hydrogen-bond donors (Lipinski definition) is 1. The summed E-state index contributed by atoms with van der Waals surface area (Å²) in [4.78, 5) is 34.6. The Kier molecular flexibility index (Phi) is 3.36. The molecule has 1 aliphatic heterocycles. The number of hydrogen-bond acceptors (Lipinski definition) is 3.